The molecule has 4 rings (SSSR count). The number of carbonyl (C=O) groups is 1. The Morgan fingerprint density at radius 1 is 0.969 bits per heavy atom. The molecule has 1 heterocycles. The van der Waals surface area contributed by atoms with Crippen LogP contribution >= 0.6 is 0 Å². The highest BCUT2D eigenvalue weighted by Crippen LogP contribution is 2.31. The lowest BCUT2D eigenvalue weighted by Gasteiger charge is -2.19. The molecule has 0 fully saturated rings. The Hall–Kier alpha value is -3.40. The Bertz CT molecular complexity index is 1230. The fraction of sp³-hybridized carbons (Fsp3) is 0.286. The molecule has 1 atom stereocenters. The summed E-state index contributed by atoms with van der Waals surface area (Å²) in [4.78, 5) is 11.4. The molecule has 0 aliphatic heterocycles. The third-order valence-corrected chi connectivity index (χ3v) is 6.12. The van der Waals surface area contributed by atoms with Gasteiger partial charge in [-0.15, -0.1) is 0 Å². The smallest absolute Gasteiger partial charge is 0.248 e. The van der Waals surface area contributed by atoms with E-state index in [1.54, 1.807) is 12.1 Å². The van der Waals surface area contributed by atoms with Crippen LogP contribution in [0.3, 0.4) is 0 Å². The van der Waals surface area contributed by atoms with Crippen molar-refractivity contribution >= 4 is 16.8 Å². The Kier molecular flexibility index (Phi) is 5.88. The zero-order valence-corrected chi connectivity index (χ0v) is 19.3. The topological polar surface area (TPSA) is 60.9 Å². The fourth-order valence-electron chi connectivity index (χ4n) is 4.22. The van der Waals surface area contributed by atoms with Crippen LogP contribution in [0.15, 0.2) is 72.9 Å². The van der Waals surface area contributed by atoms with E-state index in [-0.39, 0.29) is 11.5 Å². The average molecular weight is 426 g/mol. The van der Waals surface area contributed by atoms with Gasteiger partial charge in [-0.1, -0.05) is 76.6 Å². The normalized spacial score (nSPS) is 12.8. The second-order valence-electron chi connectivity index (χ2n) is 9.48. The second-order valence-corrected chi connectivity index (χ2v) is 9.48. The van der Waals surface area contributed by atoms with Crippen molar-refractivity contribution in [3.05, 3.63) is 89.6 Å². The van der Waals surface area contributed by atoms with Gasteiger partial charge in [0.25, 0.3) is 0 Å². The van der Waals surface area contributed by atoms with Crippen LogP contribution in [0.2, 0.25) is 0 Å². The van der Waals surface area contributed by atoms with Crippen molar-refractivity contribution in [2.45, 2.75) is 52.0 Å². The molecule has 0 spiro atoms. The summed E-state index contributed by atoms with van der Waals surface area (Å²) in [6.07, 6.45) is 3.94. The third-order valence-electron chi connectivity index (χ3n) is 6.12. The van der Waals surface area contributed by atoms with Crippen LogP contribution in [0.25, 0.3) is 22.0 Å². The summed E-state index contributed by atoms with van der Waals surface area (Å²) in [5.41, 5.74) is 12.0. The molecule has 0 radical (unpaired) electrons. The van der Waals surface area contributed by atoms with Gasteiger partial charge >= 0.3 is 0 Å². The number of hydrogen-bond acceptors (Lipinski definition) is 2. The number of rotatable bonds is 6. The van der Waals surface area contributed by atoms with Gasteiger partial charge in [0, 0.05) is 10.9 Å². The number of benzene rings is 3. The minimum atomic E-state index is -0.406. The highest BCUT2D eigenvalue weighted by atomic mass is 16.1. The lowest BCUT2D eigenvalue weighted by Crippen LogP contribution is -2.14. The van der Waals surface area contributed by atoms with Gasteiger partial charge in [-0.3, -0.25) is 9.48 Å². The molecule has 2 N–H and O–H groups in total. The van der Waals surface area contributed by atoms with Crippen molar-refractivity contribution < 1.29 is 4.79 Å². The first-order valence-corrected chi connectivity index (χ1v) is 11.3. The van der Waals surface area contributed by atoms with Crippen molar-refractivity contribution in [2.75, 3.05) is 0 Å². The van der Waals surface area contributed by atoms with Crippen molar-refractivity contribution in [1.29, 1.82) is 0 Å². The highest BCUT2D eigenvalue weighted by Gasteiger charge is 2.18. The van der Waals surface area contributed by atoms with Crippen LogP contribution in [-0.2, 0) is 5.41 Å². The number of nitrogens with two attached hydrogens (primary N) is 1. The molecular formula is C28H31N3O. The number of hydrogen-bond donors (Lipinski definition) is 1. The molecule has 0 aliphatic rings. The maximum Gasteiger partial charge on any atom is 0.248 e. The highest BCUT2D eigenvalue weighted by molar-refractivity contribution is 5.92. The largest absolute Gasteiger partial charge is 0.366 e. The summed E-state index contributed by atoms with van der Waals surface area (Å²) in [7, 11) is 0. The molecule has 0 bridgehead atoms. The van der Waals surface area contributed by atoms with Gasteiger partial charge in [0.15, 0.2) is 0 Å². The molecule has 4 aromatic rings. The van der Waals surface area contributed by atoms with E-state index in [4.69, 9.17) is 10.8 Å². The SMILES string of the molecule is CCCC(c1ccc(C(N)=O)cc1)n1ncc2cc(-c3ccc(C(C)(C)C)cc3)ccc21. The molecule has 3 aromatic carbocycles. The lowest BCUT2D eigenvalue weighted by atomic mass is 9.86. The second kappa shape index (κ2) is 8.62. The van der Waals surface area contributed by atoms with Crippen molar-refractivity contribution in [3.8, 4) is 11.1 Å². The van der Waals surface area contributed by atoms with Crippen molar-refractivity contribution in [2.24, 2.45) is 5.73 Å². The molecule has 0 aliphatic carbocycles. The summed E-state index contributed by atoms with van der Waals surface area (Å²) in [6.45, 7) is 8.87. The van der Waals surface area contributed by atoms with Crippen molar-refractivity contribution in [1.82, 2.24) is 9.78 Å². The summed E-state index contributed by atoms with van der Waals surface area (Å²) in [6, 6.07) is 23.1. The third kappa shape index (κ3) is 4.31. The molecule has 1 unspecified atom stereocenters. The molecule has 32 heavy (non-hydrogen) atoms. The molecule has 4 nitrogen and oxygen atoms in total. The van der Waals surface area contributed by atoms with Gasteiger partial charge < -0.3 is 5.73 Å². The van der Waals surface area contributed by atoms with E-state index in [9.17, 15) is 4.79 Å². The van der Waals surface area contributed by atoms with E-state index in [2.05, 4.69) is 74.8 Å². The molecule has 1 aromatic heterocycles. The zero-order chi connectivity index (χ0) is 22.9. The predicted molar refractivity (Wildman–Crippen MR) is 132 cm³/mol. The Labute approximate surface area is 190 Å². The number of primary amides is 1. The molecular weight excluding hydrogens is 394 g/mol. The van der Waals surface area contributed by atoms with Crippen molar-refractivity contribution in [3.63, 3.8) is 0 Å². The molecule has 4 heteroatoms. The first-order valence-electron chi connectivity index (χ1n) is 11.3. The number of fused-ring (bicyclic) bond motifs is 1. The van der Waals surface area contributed by atoms with Gasteiger partial charge in [0.05, 0.1) is 17.8 Å². The van der Waals surface area contributed by atoms with Crippen LogP contribution in [0, 0.1) is 0 Å². The molecule has 0 saturated heterocycles. The van der Waals surface area contributed by atoms with E-state index < -0.39 is 5.91 Å². The van der Waals surface area contributed by atoms with Gasteiger partial charge in [-0.2, -0.15) is 5.10 Å². The van der Waals surface area contributed by atoms with E-state index in [1.165, 1.54) is 16.7 Å². The summed E-state index contributed by atoms with van der Waals surface area (Å²) in [5, 5.41) is 5.88. The number of nitrogens with zero attached hydrogens (tertiary/aromatic N) is 2. The summed E-state index contributed by atoms with van der Waals surface area (Å²) < 4.78 is 2.10. The van der Waals surface area contributed by atoms with Gasteiger partial charge in [0.1, 0.15) is 0 Å². The van der Waals surface area contributed by atoms with Crippen LogP contribution < -0.4 is 5.73 Å². The maximum atomic E-state index is 11.4. The monoisotopic (exact) mass is 425 g/mol. The quantitative estimate of drug-likeness (QED) is 0.384. The summed E-state index contributed by atoms with van der Waals surface area (Å²) in [5.74, 6) is -0.406. The Balaban J connectivity index is 1.68. The van der Waals surface area contributed by atoms with Gasteiger partial charge in [-0.05, 0) is 58.4 Å². The standard InChI is InChI=1S/C28H31N3O/c1-5-6-25(20-7-9-21(10-8-20)27(29)32)31-26-16-13-22(17-23(26)18-30-31)19-11-14-24(15-12-19)28(2,3)4/h7-18,25H,5-6H2,1-4H3,(H2,29,32). The fourth-order valence-corrected chi connectivity index (χ4v) is 4.22. The maximum absolute atomic E-state index is 11.4. The minimum absolute atomic E-state index is 0.108. The van der Waals surface area contributed by atoms with Gasteiger partial charge in [-0.25, -0.2) is 0 Å². The Morgan fingerprint density at radius 2 is 1.62 bits per heavy atom. The van der Waals surface area contributed by atoms with Crippen LogP contribution in [0.1, 0.15) is 68.1 Å². The predicted octanol–water partition coefficient (Wildman–Crippen LogP) is 6.49. The molecule has 0 saturated carbocycles. The first kappa shape index (κ1) is 21.8. The first-order chi connectivity index (χ1) is 15.3. The van der Waals surface area contributed by atoms with Crippen LogP contribution in [-0.4, -0.2) is 15.7 Å². The number of aromatic nitrogens is 2. The number of carbonyl (C=O) groups excluding carboxylic acids is 1. The summed E-state index contributed by atoms with van der Waals surface area (Å²) >= 11 is 0. The van der Waals surface area contributed by atoms with Crippen LogP contribution in [0.5, 0.6) is 0 Å². The molecule has 164 valence electrons. The number of amides is 1. The Morgan fingerprint density at radius 3 is 2.22 bits per heavy atom. The van der Waals surface area contributed by atoms with Crippen LogP contribution in [0.4, 0.5) is 0 Å². The lowest BCUT2D eigenvalue weighted by molar-refractivity contribution is 0.1000. The average Bonchev–Trinajstić information content (AvgIpc) is 3.20. The van der Waals surface area contributed by atoms with Gasteiger partial charge in [0.2, 0.25) is 5.91 Å². The van der Waals surface area contributed by atoms with E-state index in [0.717, 1.165) is 29.3 Å². The minimum Gasteiger partial charge on any atom is -0.366 e. The zero-order valence-electron chi connectivity index (χ0n) is 19.3. The molecule has 1 amide bonds. The van der Waals surface area contributed by atoms with E-state index in [0.29, 0.717) is 5.56 Å². The van der Waals surface area contributed by atoms with E-state index in [1.807, 2.05) is 18.3 Å². The van der Waals surface area contributed by atoms with E-state index >= 15 is 0 Å².